The molecule has 1 amide bonds. The molecule has 0 radical (unpaired) electrons. The fraction of sp³-hybridized carbons (Fsp3) is 0.0714. The molecule has 0 bridgehead atoms. The van der Waals surface area contributed by atoms with Gasteiger partial charge in [-0.1, -0.05) is 12.1 Å². The van der Waals surface area contributed by atoms with Gasteiger partial charge in [-0.3, -0.25) is 4.79 Å². The van der Waals surface area contributed by atoms with Crippen LogP contribution in [0.5, 0.6) is 0 Å². The Morgan fingerprint density at radius 3 is 2.52 bits per heavy atom. The molecule has 21 heavy (non-hydrogen) atoms. The fourth-order valence-corrected chi connectivity index (χ4v) is 3.03. The van der Waals surface area contributed by atoms with Crippen molar-refractivity contribution >= 4 is 37.4 Å². The highest BCUT2D eigenvalue weighted by atomic mass is 79.9. The minimum atomic E-state index is -3.48. The molecule has 1 N–H and O–H groups in total. The average molecular weight is 372 g/mol. The summed E-state index contributed by atoms with van der Waals surface area (Å²) >= 11 is 3.16. The third kappa shape index (κ3) is 3.68. The lowest BCUT2D eigenvalue weighted by Gasteiger charge is -2.10. The van der Waals surface area contributed by atoms with Crippen LogP contribution in [0.1, 0.15) is 10.4 Å². The van der Waals surface area contributed by atoms with E-state index in [-0.39, 0.29) is 16.1 Å². The summed E-state index contributed by atoms with van der Waals surface area (Å²) in [7, 11) is -3.48. The Kier molecular flexibility index (Phi) is 4.43. The van der Waals surface area contributed by atoms with E-state index in [2.05, 4.69) is 21.2 Å². The molecular formula is C14H11BrFNO3S. The maximum absolute atomic E-state index is 13.2. The third-order valence-electron chi connectivity index (χ3n) is 2.71. The topological polar surface area (TPSA) is 63.2 Å². The molecule has 2 aromatic carbocycles. The Morgan fingerprint density at radius 2 is 1.86 bits per heavy atom. The summed E-state index contributed by atoms with van der Waals surface area (Å²) < 4.78 is 37.0. The lowest BCUT2D eigenvalue weighted by atomic mass is 10.2. The number of anilines is 1. The van der Waals surface area contributed by atoms with Gasteiger partial charge in [-0.05, 0) is 46.3 Å². The Bertz CT molecular complexity index is 806. The first kappa shape index (κ1) is 15.7. The second kappa shape index (κ2) is 5.95. The highest BCUT2D eigenvalue weighted by molar-refractivity contribution is 9.10. The zero-order valence-electron chi connectivity index (χ0n) is 10.9. The van der Waals surface area contributed by atoms with Gasteiger partial charge in [0.05, 0.1) is 16.1 Å². The summed E-state index contributed by atoms with van der Waals surface area (Å²) in [5, 5.41) is 2.49. The summed E-state index contributed by atoms with van der Waals surface area (Å²) in [5.74, 6) is -1.16. The van der Waals surface area contributed by atoms with E-state index in [0.717, 1.165) is 12.3 Å². The number of hydrogen-bond donors (Lipinski definition) is 1. The van der Waals surface area contributed by atoms with Crippen LogP contribution in [-0.4, -0.2) is 20.6 Å². The third-order valence-corrected chi connectivity index (χ3v) is 4.55. The summed E-state index contributed by atoms with van der Waals surface area (Å²) in [5.41, 5.74) is 0.236. The Labute approximate surface area is 130 Å². The van der Waals surface area contributed by atoms with Crippen LogP contribution in [0.4, 0.5) is 10.1 Å². The molecule has 0 heterocycles. The van der Waals surface area contributed by atoms with E-state index in [1.807, 2.05) is 0 Å². The normalized spacial score (nSPS) is 11.2. The molecule has 0 saturated carbocycles. The second-order valence-electron chi connectivity index (χ2n) is 4.35. The zero-order chi connectivity index (χ0) is 15.6. The van der Waals surface area contributed by atoms with E-state index in [4.69, 9.17) is 0 Å². The van der Waals surface area contributed by atoms with E-state index in [1.54, 1.807) is 12.1 Å². The Hall–Kier alpha value is -1.73. The van der Waals surface area contributed by atoms with Crippen molar-refractivity contribution < 1.29 is 17.6 Å². The molecule has 4 nitrogen and oxygen atoms in total. The van der Waals surface area contributed by atoms with Gasteiger partial charge in [0.15, 0.2) is 9.84 Å². The molecule has 7 heteroatoms. The SMILES string of the molecule is CS(=O)(=O)c1ccccc1NC(=O)c1cc(F)ccc1Br. The van der Waals surface area contributed by atoms with Gasteiger partial charge in [0.25, 0.3) is 5.91 Å². The van der Waals surface area contributed by atoms with Gasteiger partial charge in [0.1, 0.15) is 5.82 Å². The number of carbonyl (C=O) groups excluding carboxylic acids is 1. The molecule has 110 valence electrons. The molecule has 0 aromatic heterocycles. The van der Waals surface area contributed by atoms with Gasteiger partial charge in [-0.2, -0.15) is 0 Å². The van der Waals surface area contributed by atoms with Crippen LogP contribution in [0.25, 0.3) is 0 Å². The Morgan fingerprint density at radius 1 is 1.19 bits per heavy atom. The molecule has 2 rings (SSSR count). The molecule has 0 aliphatic rings. The molecule has 0 unspecified atom stereocenters. The van der Waals surface area contributed by atoms with Crippen LogP contribution in [0.3, 0.4) is 0 Å². The van der Waals surface area contributed by atoms with Crippen molar-refractivity contribution in [2.24, 2.45) is 0 Å². The largest absolute Gasteiger partial charge is 0.321 e. The highest BCUT2D eigenvalue weighted by Gasteiger charge is 2.17. The molecule has 0 aliphatic heterocycles. The van der Waals surface area contributed by atoms with Crippen LogP contribution >= 0.6 is 15.9 Å². The number of carbonyl (C=O) groups is 1. The van der Waals surface area contributed by atoms with Crippen molar-refractivity contribution in [1.82, 2.24) is 0 Å². The number of halogens is 2. The smallest absolute Gasteiger partial charge is 0.256 e. The molecule has 0 atom stereocenters. The molecule has 0 aliphatic carbocycles. The minimum absolute atomic E-state index is 0.00544. The molecule has 0 fully saturated rings. The van der Waals surface area contributed by atoms with Crippen LogP contribution in [0.2, 0.25) is 0 Å². The molecule has 0 saturated heterocycles. The average Bonchev–Trinajstić information content (AvgIpc) is 2.41. The van der Waals surface area contributed by atoms with Crippen molar-refractivity contribution in [2.75, 3.05) is 11.6 Å². The zero-order valence-corrected chi connectivity index (χ0v) is 13.3. The van der Waals surface area contributed by atoms with Gasteiger partial charge in [-0.25, -0.2) is 12.8 Å². The first-order valence-electron chi connectivity index (χ1n) is 5.84. The second-order valence-corrected chi connectivity index (χ2v) is 7.19. The number of para-hydroxylation sites is 1. The standard InChI is InChI=1S/C14H11BrFNO3S/c1-21(19,20)13-5-3-2-4-12(13)17-14(18)10-8-9(16)6-7-11(10)15/h2-8H,1H3,(H,17,18). The lowest BCUT2D eigenvalue weighted by Crippen LogP contribution is -2.15. The van der Waals surface area contributed by atoms with E-state index in [9.17, 15) is 17.6 Å². The number of rotatable bonds is 3. The first-order chi connectivity index (χ1) is 9.79. The first-order valence-corrected chi connectivity index (χ1v) is 8.53. The van der Waals surface area contributed by atoms with Gasteiger partial charge in [0.2, 0.25) is 0 Å². The lowest BCUT2D eigenvalue weighted by molar-refractivity contribution is 0.102. The van der Waals surface area contributed by atoms with Crippen LogP contribution in [0, 0.1) is 5.82 Å². The van der Waals surface area contributed by atoms with Gasteiger partial charge in [0, 0.05) is 10.7 Å². The van der Waals surface area contributed by atoms with Gasteiger partial charge < -0.3 is 5.32 Å². The number of amides is 1. The predicted molar refractivity (Wildman–Crippen MR) is 81.6 cm³/mol. The minimum Gasteiger partial charge on any atom is -0.321 e. The van der Waals surface area contributed by atoms with Crippen LogP contribution in [0.15, 0.2) is 51.8 Å². The van der Waals surface area contributed by atoms with Crippen molar-refractivity contribution in [3.63, 3.8) is 0 Å². The van der Waals surface area contributed by atoms with Crippen LogP contribution in [-0.2, 0) is 9.84 Å². The van der Waals surface area contributed by atoms with Crippen molar-refractivity contribution in [3.8, 4) is 0 Å². The summed E-state index contributed by atoms with van der Waals surface area (Å²) in [6, 6.07) is 9.72. The molecule has 0 spiro atoms. The van der Waals surface area contributed by atoms with E-state index < -0.39 is 21.6 Å². The maximum Gasteiger partial charge on any atom is 0.256 e. The monoisotopic (exact) mass is 371 g/mol. The van der Waals surface area contributed by atoms with E-state index >= 15 is 0 Å². The van der Waals surface area contributed by atoms with E-state index in [0.29, 0.717) is 4.47 Å². The van der Waals surface area contributed by atoms with E-state index in [1.165, 1.54) is 24.3 Å². The highest BCUT2D eigenvalue weighted by Crippen LogP contribution is 2.23. The summed E-state index contributed by atoms with van der Waals surface area (Å²) in [6.45, 7) is 0. The quantitative estimate of drug-likeness (QED) is 0.900. The van der Waals surface area contributed by atoms with Crippen molar-refractivity contribution in [1.29, 1.82) is 0 Å². The number of hydrogen-bond acceptors (Lipinski definition) is 3. The van der Waals surface area contributed by atoms with Crippen molar-refractivity contribution in [3.05, 3.63) is 58.3 Å². The summed E-state index contributed by atoms with van der Waals surface area (Å²) in [4.78, 5) is 12.2. The molecular weight excluding hydrogens is 361 g/mol. The summed E-state index contributed by atoms with van der Waals surface area (Å²) in [6.07, 6.45) is 1.05. The fourth-order valence-electron chi connectivity index (χ4n) is 1.75. The van der Waals surface area contributed by atoms with Crippen LogP contribution < -0.4 is 5.32 Å². The predicted octanol–water partition coefficient (Wildman–Crippen LogP) is 3.24. The molecule has 2 aromatic rings. The van der Waals surface area contributed by atoms with Gasteiger partial charge >= 0.3 is 0 Å². The van der Waals surface area contributed by atoms with Crippen molar-refractivity contribution in [2.45, 2.75) is 4.90 Å². The Balaban J connectivity index is 2.39. The number of nitrogens with one attached hydrogen (secondary N) is 1. The number of benzene rings is 2. The maximum atomic E-state index is 13.2. The van der Waals surface area contributed by atoms with Gasteiger partial charge in [-0.15, -0.1) is 0 Å². The number of sulfone groups is 1.